The fourth-order valence-corrected chi connectivity index (χ4v) is 2.33. The number of unbranched alkanes of at least 4 members (excludes halogenated alkanes) is 2. The van der Waals surface area contributed by atoms with Crippen molar-refractivity contribution < 1.29 is 44.1 Å². The van der Waals surface area contributed by atoms with E-state index in [2.05, 4.69) is 5.32 Å². The van der Waals surface area contributed by atoms with Gasteiger partial charge in [0.05, 0.1) is 13.1 Å². The minimum absolute atomic E-state index is 0.115. The first-order chi connectivity index (χ1) is 10.7. The van der Waals surface area contributed by atoms with E-state index in [9.17, 15) is 19.2 Å². The molecule has 0 rings (SSSR count). The monoisotopic (exact) mass is 335 g/mol. The number of rotatable bonds is 14. The molecule has 0 heterocycles. The van der Waals surface area contributed by atoms with E-state index in [1.807, 2.05) is 0 Å². The van der Waals surface area contributed by atoms with Crippen LogP contribution in [0.2, 0.25) is 0 Å². The number of hydrogen-bond donors (Lipinski definition) is 5. The molecule has 0 aliphatic carbocycles. The Morgan fingerprint density at radius 2 is 1.17 bits per heavy atom. The molecule has 0 aliphatic heterocycles. The summed E-state index contributed by atoms with van der Waals surface area (Å²) in [5.41, 5.74) is 0. The Balaban J connectivity index is 4.49. The van der Waals surface area contributed by atoms with E-state index in [0.717, 1.165) is 0 Å². The van der Waals surface area contributed by atoms with E-state index in [1.165, 1.54) is 0 Å². The maximum Gasteiger partial charge on any atom is 0.359 e. The third-order valence-corrected chi connectivity index (χ3v) is 3.17. The molecule has 0 atom stereocenters. The van der Waals surface area contributed by atoms with Gasteiger partial charge in [-0.15, -0.1) is 0 Å². The third kappa shape index (κ3) is 11.1. The summed E-state index contributed by atoms with van der Waals surface area (Å²) in [6.45, 7) is -1.30. The molecule has 0 saturated carbocycles. The van der Waals surface area contributed by atoms with Crippen LogP contribution in [0.3, 0.4) is 0 Å². The van der Waals surface area contributed by atoms with Gasteiger partial charge in [0.1, 0.15) is 0 Å². The van der Waals surface area contributed by atoms with Crippen LogP contribution in [-0.4, -0.2) is 88.1 Å². The maximum absolute atomic E-state index is 10.9. The molecule has 10 nitrogen and oxygen atoms in total. The van der Waals surface area contributed by atoms with Gasteiger partial charge in [0.2, 0.25) is 0 Å². The van der Waals surface area contributed by atoms with E-state index in [-0.39, 0.29) is 13.1 Å². The van der Waals surface area contributed by atoms with E-state index < -0.39 is 48.0 Å². The molecule has 0 spiro atoms. The highest BCUT2D eigenvalue weighted by Gasteiger charge is 2.35. The minimum Gasteiger partial charge on any atom is -0.480 e. The fraction of sp³-hybridized carbons (Fsp3) is 0.692. The number of hydrogen-bond acceptors (Lipinski definition) is 5. The molecule has 5 N–H and O–H groups in total. The number of carbonyl (C=O) groups is 4. The van der Waals surface area contributed by atoms with Gasteiger partial charge >= 0.3 is 23.9 Å². The lowest BCUT2D eigenvalue weighted by Crippen LogP contribution is -2.57. The van der Waals surface area contributed by atoms with E-state index in [4.69, 9.17) is 20.4 Å². The maximum atomic E-state index is 10.9. The minimum atomic E-state index is -1.25. The molecular formula is C13H23N2O8+. The van der Waals surface area contributed by atoms with Gasteiger partial charge in [0.25, 0.3) is 0 Å². The fourth-order valence-electron chi connectivity index (χ4n) is 2.33. The Hall–Kier alpha value is -2.20. The van der Waals surface area contributed by atoms with Gasteiger partial charge in [0.15, 0.2) is 19.6 Å². The van der Waals surface area contributed by atoms with Crippen molar-refractivity contribution in [3.63, 3.8) is 0 Å². The molecule has 0 aromatic rings. The van der Waals surface area contributed by atoms with Crippen LogP contribution in [0.5, 0.6) is 0 Å². The summed E-state index contributed by atoms with van der Waals surface area (Å²) in [5, 5.41) is 37.9. The Bertz CT molecular complexity index is 397. The lowest BCUT2D eigenvalue weighted by Gasteiger charge is -2.34. The summed E-state index contributed by atoms with van der Waals surface area (Å²) in [7, 11) is 0. The first kappa shape index (κ1) is 20.8. The molecule has 0 amide bonds. The predicted molar refractivity (Wildman–Crippen MR) is 77.0 cm³/mol. The summed E-state index contributed by atoms with van der Waals surface area (Å²) in [6.07, 6.45) is 1.68. The van der Waals surface area contributed by atoms with Crippen LogP contribution in [-0.2, 0) is 19.2 Å². The average Bonchev–Trinajstić information content (AvgIpc) is 2.34. The molecule has 0 fully saturated rings. The second-order valence-electron chi connectivity index (χ2n) is 5.35. The zero-order valence-electron chi connectivity index (χ0n) is 12.7. The van der Waals surface area contributed by atoms with Crippen LogP contribution in [0.25, 0.3) is 0 Å². The standard InChI is InChI=1S/C13H22N2O8/c16-10(17)6-14-4-2-1-3-5-15(7-11(18)19,8-12(20)21)9-13(22)23/h14H,1-9H2,(H3-,16,17,18,19,20,21,22,23)/p+1. The quantitative estimate of drug-likeness (QED) is 0.196. The number of quaternary nitrogens is 1. The van der Waals surface area contributed by atoms with Gasteiger partial charge in [0, 0.05) is 0 Å². The molecule has 10 heteroatoms. The molecule has 23 heavy (non-hydrogen) atoms. The molecule has 0 radical (unpaired) electrons. The molecule has 0 aliphatic rings. The van der Waals surface area contributed by atoms with Crippen molar-refractivity contribution in [3.05, 3.63) is 0 Å². The van der Waals surface area contributed by atoms with Crippen molar-refractivity contribution in [1.82, 2.24) is 5.32 Å². The molecule has 132 valence electrons. The van der Waals surface area contributed by atoms with Gasteiger partial charge in [-0.05, 0) is 25.8 Å². The van der Waals surface area contributed by atoms with Crippen LogP contribution in [0.4, 0.5) is 0 Å². The normalized spacial score (nSPS) is 11.1. The van der Waals surface area contributed by atoms with Gasteiger partial charge in [-0.3, -0.25) is 9.28 Å². The zero-order valence-corrected chi connectivity index (χ0v) is 12.7. The first-order valence-corrected chi connectivity index (χ1v) is 7.10. The van der Waals surface area contributed by atoms with E-state index in [1.54, 1.807) is 0 Å². The Kier molecular flexibility index (Phi) is 9.51. The number of nitrogens with one attached hydrogen (secondary N) is 1. The highest BCUT2D eigenvalue weighted by Crippen LogP contribution is 2.11. The molecule has 0 saturated heterocycles. The van der Waals surface area contributed by atoms with Crippen LogP contribution >= 0.6 is 0 Å². The second-order valence-corrected chi connectivity index (χ2v) is 5.35. The molecular weight excluding hydrogens is 312 g/mol. The van der Waals surface area contributed by atoms with Crippen molar-refractivity contribution in [1.29, 1.82) is 0 Å². The summed E-state index contributed by atoms with van der Waals surface area (Å²) in [6, 6.07) is 0. The Morgan fingerprint density at radius 1 is 0.696 bits per heavy atom. The Labute approximate surface area is 132 Å². The van der Waals surface area contributed by atoms with Gasteiger partial charge < -0.3 is 25.7 Å². The second kappa shape index (κ2) is 10.5. The van der Waals surface area contributed by atoms with Crippen LogP contribution in [0, 0.1) is 0 Å². The highest BCUT2D eigenvalue weighted by molar-refractivity contribution is 5.73. The number of aliphatic carboxylic acids is 4. The van der Waals surface area contributed by atoms with Crippen molar-refractivity contribution in [3.8, 4) is 0 Å². The van der Waals surface area contributed by atoms with E-state index in [0.29, 0.717) is 25.8 Å². The SMILES string of the molecule is O=C(O)CNCCCCC[N+](CC(=O)O)(CC(=O)O)CC(=O)O. The zero-order chi connectivity index (χ0) is 17.9. The first-order valence-electron chi connectivity index (χ1n) is 7.10. The van der Waals surface area contributed by atoms with Crippen LogP contribution < -0.4 is 5.32 Å². The third-order valence-electron chi connectivity index (χ3n) is 3.17. The van der Waals surface area contributed by atoms with Gasteiger partial charge in [-0.2, -0.15) is 0 Å². The lowest BCUT2D eigenvalue weighted by molar-refractivity contribution is -0.907. The highest BCUT2D eigenvalue weighted by atomic mass is 16.4. The predicted octanol–water partition coefficient (Wildman–Crippen LogP) is -1.10. The number of carboxylic acid groups (broad SMARTS) is 4. The van der Waals surface area contributed by atoms with Gasteiger partial charge in [-0.25, -0.2) is 14.4 Å². The van der Waals surface area contributed by atoms with E-state index >= 15 is 0 Å². The summed E-state index contributed by atoms with van der Waals surface area (Å²) >= 11 is 0. The lowest BCUT2D eigenvalue weighted by atomic mass is 10.2. The van der Waals surface area contributed by atoms with Crippen molar-refractivity contribution >= 4 is 23.9 Å². The average molecular weight is 335 g/mol. The number of carboxylic acids is 4. The molecule has 0 bridgehead atoms. The topological polar surface area (TPSA) is 161 Å². The molecule has 0 aromatic heterocycles. The van der Waals surface area contributed by atoms with Crippen molar-refractivity contribution in [2.75, 3.05) is 39.3 Å². The smallest absolute Gasteiger partial charge is 0.359 e. The molecule has 0 unspecified atom stereocenters. The summed E-state index contributed by atoms with van der Waals surface area (Å²) < 4.78 is -0.553. The Morgan fingerprint density at radius 3 is 1.57 bits per heavy atom. The number of nitrogens with zero attached hydrogens (tertiary/aromatic N) is 1. The molecule has 0 aromatic carbocycles. The summed E-state index contributed by atoms with van der Waals surface area (Å²) in [5.74, 6) is -4.73. The summed E-state index contributed by atoms with van der Waals surface area (Å²) in [4.78, 5) is 43.1. The van der Waals surface area contributed by atoms with Crippen LogP contribution in [0.1, 0.15) is 19.3 Å². The van der Waals surface area contributed by atoms with Crippen molar-refractivity contribution in [2.24, 2.45) is 0 Å². The van der Waals surface area contributed by atoms with Crippen LogP contribution in [0.15, 0.2) is 0 Å². The van der Waals surface area contributed by atoms with Gasteiger partial charge in [-0.1, -0.05) is 0 Å². The van der Waals surface area contributed by atoms with Crippen molar-refractivity contribution in [2.45, 2.75) is 19.3 Å². The largest absolute Gasteiger partial charge is 0.480 e.